The van der Waals surface area contributed by atoms with Crippen molar-refractivity contribution >= 4 is 38.5 Å². The lowest BCUT2D eigenvalue weighted by Crippen LogP contribution is -2.31. The van der Waals surface area contributed by atoms with Crippen molar-refractivity contribution in [2.24, 2.45) is 4.40 Å². The Kier molecular flexibility index (Phi) is 4.47. The average molecular weight is 360 g/mol. The first-order valence-corrected chi connectivity index (χ1v) is 9.68. The number of rotatable bonds is 3. The molecular weight excluding hydrogens is 344 g/mol. The number of amides is 1. The lowest BCUT2D eigenvalue weighted by molar-refractivity contribution is -0.116. The topological polar surface area (TPSA) is 66.8 Å². The third-order valence-electron chi connectivity index (χ3n) is 3.57. The number of thioether (sulfide) groups is 1. The summed E-state index contributed by atoms with van der Waals surface area (Å²) in [5.74, 6) is -0.177. The van der Waals surface area contributed by atoms with Gasteiger partial charge in [0.15, 0.2) is 5.17 Å². The van der Waals surface area contributed by atoms with Gasteiger partial charge in [-0.2, -0.15) is 8.42 Å². The zero-order chi connectivity index (χ0) is 17.3. The number of nitrogens with zero attached hydrogens (tertiary/aromatic N) is 2. The van der Waals surface area contributed by atoms with Crippen LogP contribution in [0.15, 0.2) is 63.9 Å². The van der Waals surface area contributed by atoms with Gasteiger partial charge in [-0.1, -0.05) is 47.7 Å². The van der Waals surface area contributed by atoms with Crippen LogP contribution in [0.1, 0.15) is 12.5 Å². The molecule has 0 aromatic heterocycles. The van der Waals surface area contributed by atoms with E-state index in [2.05, 4.69) is 4.40 Å². The molecule has 0 spiro atoms. The van der Waals surface area contributed by atoms with Crippen LogP contribution in [-0.2, 0) is 14.8 Å². The lowest BCUT2D eigenvalue weighted by atomic mass is 10.2. The molecule has 1 amide bonds. The number of sulfonamides is 1. The van der Waals surface area contributed by atoms with Crippen LogP contribution in [-0.4, -0.2) is 24.7 Å². The van der Waals surface area contributed by atoms with Crippen molar-refractivity contribution in [2.45, 2.75) is 24.0 Å². The molecule has 124 valence electrons. The van der Waals surface area contributed by atoms with Crippen molar-refractivity contribution in [3.63, 3.8) is 0 Å². The predicted molar refractivity (Wildman–Crippen MR) is 96.8 cm³/mol. The van der Waals surface area contributed by atoms with Crippen molar-refractivity contribution in [1.29, 1.82) is 0 Å². The Morgan fingerprint density at radius 3 is 2.29 bits per heavy atom. The van der Waals surface area contributed by atoms with Crippen LogP contribution in [0.3, 0.4) is 0 Å². The van der Waals surface area contributed by atoms with E-state index in [1.165, 1.54) is 17.0 Å². The van der Waals surface area contributed by atoms with Crippen molar-refractivity contribution in [3.05, 3.63) is 60.2 Å². The highest BCUT2D eigenvalue weighted by molar-refractivity contribution is 8.16. The second-order valence-electron chi connectivity index (χ2n) is 5.43. The van der Waals surface area contributed by atoms with E-state index in [4.69, 9.17) is 0 Å². The highest BCUT2D eigenvalue weighted by Crippen LogP contribution is 2.32. The number of anilines is 1. The van der Waals surface area contributed by atoms with Crippen molar-refractivity contribution in [2.75, 3.05) is 4.90 Å². The number of aryl methyl sites for hydroxylation is 1. The van der Waals surface area contributed by atoms with Crippen LogP contribution in [0.2, 0.25) is 0 Å². The summed E-state index contributed by atoms with van der Waals surface area (Å²) in [7, 11) is -3.87. The van der Waals surface area contributed by atoms with Crippen LogP contribution >= 0.6 is 11.8 Å². The second-order valence-corrected chi connectivity index (χ2v) is 8.34. The highest BCUT2D eigenvalue weighted by atomic mass is 32.2. The number of para-hydroxylation sites is 1. The van der Waals surface area contributed by atoms with Crippen LogP contribution < -0.4 is 4.90 Å². The van der Waals surface area contributed by atoms with Gasteiger partial charge in [-0.25, -0.2) is 0 Å². The molecular formula is C17H16N2O3S2. The minimum absolute atomic E-state index is 0.112. The van der Waals surface area contributed by atoms with Crippen molar-refractivity contribution in [1.82, 2.24) is 0 Å². The average Bonchev–Trinajstić information content (AvgIpc) is 2.82. The van der Waals surface area contributed by atoms with Gasteiger partial charge in [0.1, 0.15) is 0 Å². The summed E-state index contributed by atoms with van der Waals surface area (Å²) < 4.78 is 29.0. The maximum absolute atomic E-state index is 12.6. The quantitative estimate of drug-likeness (QED) is 0.843. The van der Waals surface area contributed by atoms with Gasteiger partial charge in [0.2, 0.25) is 5.91 Å². The normalized spacial score (nSPS) is 19.9. The number of hydrogen-bond donors (Lipinski definition) is 0. The number of amidine groups is 1. The Bertz CT molecular complexity index is 891. The highest BCUT2D eigenvalue weighted by Gasteiger charge is 2.37. The number of carbonyl (C=O) groups is 1. The number of benzene rings is 2. The van der Waals surface area contributed by atoms with Gasteiger partial charge in [-0.3, -0.25) is 9.69 Å². The molecule has 0 aliphatic carbocycles. The van der Waals surface area contributed by atoms with Gasteiger partial charge < -0.3 is 0 Å². The maximum Gasteiger partial charge on any atom is 0.284 e. The van der Waals surface area contributed by atoms with Crippen LogP contribution in [0, 0.1) is 6.92 Å². The minimum atomic E-state index is -3.87. The summed E-state index contributed by atoms with van der Waals surface area (Å²) in [6, 6.07) is 15.4. The Labute approximate surface area is 145 Å². The molecule has 1 fully saturated rings. The van der Waals surface area contributed by atoms with Gasteiger partial charge in [-0.05, 0) is 38.1 Å². The van der Waals surface area contributed by atoms with Gasteiger partial charge >= 0.3 is 0 Å². The zero-order valence-corrected chi connectivity index (χ0v) is 14.8. The summed E-state index contributed by atoms with van der Waals surface area (Å²) >= 11 is 1.15. The summed E-state index contributed by atoms with van der Waals surface area (Å²) in [5.41, 5.74) is 1.57. The summed E-state index contributed by atoms with van der Waals surface area (Å²) in [4.78, 5) is 13.9. The monoisotopic (exact) mass is 360 g/mol. The molecule has 24 heavy (non-hydrogen) atoms. The van der Waals surface area contributed by atoms with Crippen molar-refractivity contribution in [3.8, 4) is 0 Å². The molecule has 2 aromatic rings. The van der Waals surface area contributed by atoms with E-state index in [0.29, 0.717) is 5.69 Å². The first-order valence-electron chi connectivity index (χ1n) is 7.36. The fourth-order valence-electron chi connectivity index (χ4n) is 2.28. The fourth-order valence-corrected chi connectivity index (χ4v) is 4.44. The van der Waals surface area contributed by atoms with E-state index >= 15 is 0 Å². The molecule has 0 N–H and O–H groups in total. The first kappa shape index (κ1) is 16.7. The Hall–Kier alpha value is -2.12. The smallest absolute Gasteiger partial charge is 0.273 e. The fraction of sp³-hybridized carbons (Fsp3) is 0.176. The van der Waals surface area contributed by atoms with Gasteiger partial charge in [-0.15, -0.1) is 4.40 Å². The van der Waals surface area contributed by atoms with E-state index in [-0.39, 0.29) is 21.2 Å². The summed E-state index contributed by atoms with van der Waals surface area (Å²) in [5, 5.41) is -0.198. The lowest BCUT2D eigenvalue weighted by Gasteiger charge is -2.15. The summed E-state index contributed by atoms with van der Waals surface area (Å²) in [6.07, 6.45) is 0. The second kappa shape index (κ2) is 6.41. The van der Waals surface area contributed by atoms with E-state index in [0.717, 1.165) is 17.3 Å². The Morgan fingerprint density at radius 2 is 1.67 bits per heavy atom. The zero-order valence-electron chi connectivity index (χ0n) is 13.2. The maximum atomic E-state index is 12.6. The third kappa shape index (κ3) is 3.22. The van der Waals surface area contributed by atoms with E-state index < -0.39 is 10.0 Å². The predicted octanol–water partition coefficient (Wildman–Crippen LogP) is 3.21. The molecule has 1 saturated heterocycles. The molecule has 2 aromatic carbocycles. The first-order chi connectivity index (χ1) is 11.4. The molecule has 1 aliphatic heterocycles. The molecule has 1 atom stereocenters. The van der Waals surface area contributed by atoms with Crippen LogP contribution in [0.4, 0.5) is 5.69 Å². The van der Waals surface area contributed by atoms with Crippen LogP contribution in [0.25, 0.3) is 0 Å². The van der Waals surface area contributed by atoms with Gasteiger partial charge in [0, 0.05) is 0 Å². The van der Waals surface area contributed by atoms with E-state index in [1.807, 2.05) is 13.0 Å². The molecule has 1 heterocycles. The molecule has 1 unspecified atom stereocenters. The number of hydrogen-bond acceptors (Lipinski definition) is 4. The standard InChI is InChI=1S/C17H16N2O3S2/c1-12-8-10-15(11-9-12)24(21,22)18-17-19(16(20)13(2)23-17)14-6-4-3-5-7-14/h3-11,13H,1-2H3/b18-17-. The largest absolute Gasteiger partial charge is 0.284 e. The van der Waals surface area contributed by atoms with Gasteiger partial charge in [0.05, 0.1) is 15.8 Å². The third-order valence-corrected chi connectivity index (χ3v) is 6.01. The molecule has 7 heteroatoms. The Morgan fingerprint density at radius 1 is 1.04 bits per heavy atom. The Balaban J connectivity index is 2.04. The SMILES string of the molecule is Cc1ccc(S(=O)(=O)/N=C2\SC(C)C(=O)N2c2ccccc2)cc1. The summed E-state index contributed by atoms with van der Waals surface area (Å²) in [6.45, 7) is 3.62. The van der Waals surface area contributed by atoms with Gasteiger partial charge in [0.25, 0.3) is 10.0 Å². The molecule has 1 aliphatic rings. The van der Waals surface area contributed by atoms with E-state index in [1.54, 1.807) is 43.3 Å². The van der Waals surface area contributed by atoms with Crippen LogP contribution in [0.5, 0.6) is 0 Å². The minimum Gasteiger partial charge on any atom is -0.273 e. The molecule has 0 radical (unpaired) electrons. The van der Waals surface area contributed by atoms with E-state index in [9.17, 15) is 13.2 Å². The molecule has 3 rings (SSSR count). The molecule has 5 nitrogen and oxygen atoms in total. The number of carbonyl (C=O) groups excluding carboxylic acids is 1. The molecule has 0 bridgehead atoms. The van der Waals surface area contributed by atoms with Crippen molar-refractivity contribution < 1.29 is 13.2 Å². The molecule has 0 saturated carbocycles.